The van der Waals surface area contributed by atoms with E-state index < -0.39 is 11.7 Å². The summed E-state index contributed by atoms with van der Waals surface area (Å²) in [6, 6.07) is 10.1. The Balaban J connectivity index is 1.52. The fraction of sp³-hybridized carbons (Fsp3) is 0.500. The largest absolute Gasteiger partial charge is 0.416 e. The second kappa shape index (κ2) is 13.5. The number of carbonyl (C=O) groups excluding carboxylic acids is 1. The number of hydrogen-bond acceptors (Lipinski definition) is 3. The van der Waals surface area contributed by atoms with Crippen LogP contribution in [0.15, 0.2) is 42.5 Å². The third-order valence-corrected chi connectivity index (χ3v) is 8.38. The number of amides is 1. The van der Waals surface area contributed by atoms with E-state index in [2.05, 4.69) is 10.2 Å². The molecule has 0 aliphatic carbocycles. The summed E-state index contributed by atoms with van der Waals surface area (Å²) in [5.41, 5.74) is 0.493. The minimum atomic E-state index is -4.43. The van der Waals surface area contributed by atoms with Crippen molar-refractivity contribution in [2.75, 3.05) is 44.6 Å². The summed E-state index contributed by atoms with van der Waals surface area (Å²) < 4.78 is 40.2. The van der Waals surface area contributed by atoms with Crippen LogP contribution >= 0.6 is 35.4 Å². The van der Waals surface area contributed by atoms with Gasteiger partial charge in [0, 0.05) is 31.7 Å². The van der Waals surface area contributed by atoms with Crippen LogP contribution in [-0.4, -0.2) is 71.0 Å². The van der Waals surface area contributed by atoms with Crippen LogP contribution in [0.2, 0.25) is 10.0 Å². The van der Waals surface area contributed by atoms with E-state index in [4.69, 9.17) is 35.4 Å². The van der Waals surface area contributed by atoms with Crippen molar-refractivity contribution in [1.82, 2.24) is 14.7 Å². The van der Waals surface area contributed by atoms with Gasteiger partial charge in [-0.25, -0.2) is 0 Å². The monoisotopic (exact) mass is 600 g/mol. The Morgan fingerprint density at radius 3 is 2.49 bits per heavy atom. The van der Waals surface area contributed by atoms with Gasteiger partial charge in [0.25, 0.3) is 0 Å². The van der Waals surface area contributed by atoms with Crippen molar-refractivity contribution in [1.29, 1.82) is 0 Å². The van der Waals surface area contributed by atoms with Crippen LogP contribution in [0.5, 0.6) is 0 Å². The Hall–Kier alpha value is -2.07. The zero-order valence-electron chi connectivity index (χ0n) is 21.7. The Kier molecular flexibility index (Phi) is 10.4. The predicted octanol–water partition coefficient (Wildman–Crippen LogP) is 6.73. The van der Waals surface area contributed by atoms with Crippen molar-refractivity contribution in [2.24, 2.45) is 0 Å². The molecule has 2 aromatic rings. The standard InChI is InChI=1S/C28H33Cl2F3N4OS/c29-24-9-8-22(18-25(24)30)34-27(39)37-15-10-26(38)36(14-5-13-35-11-2-1-3-12-35)19-23(37)17-20-6-4-7-21(16-20)28(31,32)33/h4,6-9,16,18,23H,1-3,5,10-15,17,19H2,(H,34,39)/t23-/m1/s1. The quantitative estimate of drug-likeness (QED) is 0.357. The van der Waals surface area contributed by atoms with Gasteiger partial charge in [0.1, 0.15) is 0 Å². The van der Waals surface area contributed by atoms with Crippen LogP contribution in [-0.2, 0) is 17.4 Å². The number of nitrogens with one attached hydrogen (secondary N) is 1. The SMILES string of the molecule is O=C1CCN(C(=S)Nc2ccc(Cl)c(Cl)c2)[C@H](Cc2cccc(C(F)(F)F)c2)CN1CCCN1CCCCC1. The van der Waals surface area contributed by atoms with Crippen molar-refractivity contribution < 1.29 is 18.0 Å². The molecule has 0 spiro atoms. The van der Waals surface area contributed by atoms with E-state index in [0.717, 1.165) is 32.1 Å². The number of benzene rings is 2. The molecule has 1 N–H and O–H groups in total. The van der Waals surface area contributed by atoms with E-state index in [1.54, 1.807) is 24.3 Å². The highest BCUT2D eigenvalue weighted by molar-refractivity contribution is 7.80. The normalized spacial score (nSPS) is 19.2. The summed E-state index contributed by atoms with van der Waals surface area (Å²) in [5.74, 6) is 0.0301. The average Bonchev–Trinajstić information content (AvgIpc) is 3.05. The number of thiocarbonyl (C=S) groups is 1. The summed E-state index contributed by atoms with van der Waals surface area (Å²) in [6.45, 7) is 4.46. The molecule has 1 atom stereocenters. The second-order valence-electron chi connectivity index (χ2n) is 10.2. The number of likely N-dealkylation sites (tertiary alicyclic amines) is 1. The Labute approximate surface area is 243 Å². The number of carbonyl (C=O) groups is 1. The summed E-state index contributed by atoms with van der Waals surface area (Å²) in [6.07, 6.45) is 0.688. The summed E-state index contributed by atoms with van der Waals surface area (Å²) in [4.78, 5) is 19.3. The van der Waals surface area contributed by atoms with E-state index in [1.165, 1.54) is 31.4 Å². The van der Waals surface area contributed by atoms with Gasteiger partial charge in [0.05, 0.1) is 21.7 Å². The molecule has 2 aromatic carbocycles. The maximum atomic E-state index is 13.4. The van der Waals surface area contributed by atoms with Crippen molar-refractivity contribution in [3.63, 3.8) is 0 Å². The van der Waals surface area contributed by atoms with Gasteiger partial charge in [0.15, 0.2) is 5.11 Å². The van der Waals surface area contributed by atoms with E-state index in [0.29, 0.717) is 52.5 Å². The number of alkyl halides is 3. The molecule has 2 aliphatic rings. The molecule has 0 bridgehead atoms. The van der Waals surface area contributed by atoms with Crippen LogP contribution in [0.1, 0.15) is 43.2 Å². The topological polar surface area (TPSA) is 38.8 Å². The fourth-order valence-corrected chi connectivity index (χ4v) is 5.91. The Morgan fingerprint density at radius 1 is 1.00 bits per heavy atom. The molecule has 212 valence electrons. The van der Waals surface area contributed by atoms with Gasteiger partial charge in [-0.1, -0.05) is 47.8 Å². The Bertz CT molecular complexity index is 1160. The number of rotatable bonds is 7. The molecule has 2 saturated heterocycles. The minimum Gasteiger partial charge on any atom is -0.343 e. The number of hydrogen-bond donors (Lipinski definition) is 1. The van der Waals surface area contributed by atoms with Gasteiger partial charge in [-0.15, -0.1) is 0 Å². The van der Waals surface area contributed by atoms with Crippen LogP contribution < -0.4 is 5.32 Å². The first kappa shape index (κ1) is 29.9. The second-order valence-corrected chi connectivity index (χ2v) is 11.4. The molecule has 1 amide bonds. The van der Waals surface area contributed by atoms with Crippen LogP contribution in [0.25, 0.3) is 0 Å². The highest BCUT2D eigenvalue weighted by Crippen LogP contribution is 2.30. The van der Waals surface area contributed by atoms with Gasteiger partial charge >= 0.3 is 6.18 Å². The van der Waals surface area contributed by atoms with E-state index >= 15 is 0 Å². The molecule has 4 rings (SSSR count). The maximum Gasteiger partial charge on any atom is 0.416 e. The zero-order valence-corrected chi connectivity index (χ0v) is 24.0. The molecule has 39 heavy (non-hydrogen) atoms. The first-order valence-electron chi connectivity index (χ1n) is 13.3. The van der Waals surface area contributed by atoms with E-state index in [1.807, 2.05) is 9.80 Å². The average molecular weight is 602 g/mol. The fourth-order valence-electron chi connectivity index (χ4n) is 5.25. The van der Waals surface area contributed by atoms with Crippen molar-refractivity contribution in [2.45, 2.75) is 50.7 Å². The lowest BCUT2D eigenvalue weighted by atomic mass is 10.0. The third-order valence-electron chi connectivity index (χ3n) is 7.30. The summed E-state index contributed by atoms with van der Waals surface area (Å²) >= 11 is 17.9. The zero-order chi connectivity index (χ0) is 28.0. The van der Waals surface area contributed by atoms with Crippen LogP contribution in [0.4, 0.5) is 18.9 Å². The van der Waals surface area contributed by atoms with E-state index in [-0.39, 0.29) is 18.4 Å². The molecule has 0 saturated carbocycles. The predicted molar refractivity (Wildman–Crippen MR) is 154 cm³/mol. The highest BCUT2D eigenvalue weighted by atomic mass is 35.5. The van der Waals surface area contributed by atoms with E-state index in [9.17, 15) is 18.0 Å². The lowest BCUT2D eigenvalue weighted by Gasteiger charge is -2.34. The van der Waals surface area contributed by atoms with Gasteiger partial charge in [-0.3, -0.25) is 4.79 Å². The number of nitrogens with zero attached hydrogens (tertiary/aromatic N) is 3. The lowest BCUT2D eigenvalue weighted by Crippen LogP contribution is -2.48. The molecule has 11 heteroatoms. The summed E-state index contributed by atoms with van der Waals surface area (Å²) in [7, 11) is 0. The Morgan fingerprint density at radius 2 is 1.77 bits per heavy atom. The van der Waals surface area contributed by atoms with Crippen molar-refractivity contribution >= 4 is 52.1 Å². The van der Waals surface area contributed by atoms with Crippen LogP contribution in [0, 0.1) is 0 Å². The molecular weight excluding hydrogens is 568 g/mol. The maximum absolute atomic E-state index is 13.4. The first-order valence-corrected chi connectivity index (χ1v) is 14.5. The smallest absolute Gasteiger partial charge is 0.343 e. The molecule has 0 aromatic heterocycles. The summed E-state index contributed by atoms with van der Waals surface area (Å²) in [5, 5.41) is 4.34. The van der Waals surface area contributed by atoms with Gasteiger partial charge in [-0.2, -0.15) is 13.2 Å². The van der Waals surface area contributed by atoms with Gasteiger partial charge < -0.3 is 20.0 Å². The third kappa shape index (κ3) is 8.46. The molecule has 2 aliphatic heterocycles. The van der Waals surface area contributed by atoms with Crippen molar-refractivity contribution in [3.05, 3.63) is 63.6 Å². The molecule has 2 heterocycles. The molecule has 0 unspecified atom stereocenters. The number of halogens is 5. The molecular formula is C28H33Cl2F3N4OS. The first-order chi connectivity index (χ1) is 18.6. The molecule has 2 fully saturated rings. The molecule has 0 radical (unpaired) electrons. The lowest BCUT2D eigenvalue weighted by molar-refractivity contribution is -0.137. The number of piperidine rings is 1. The van der Waals surface area contributed by atoms with Gasteiger partial charge in [-0.05, 0) is 87.4 Å². The van der Waals surface area contributed by atoms with Crippen LogP contribution in [0.3, 0.4) is 0 Å². The van der Waals surface area contributed by atoms with Gasteiger partial charge in [0.2, 0.25) is 5.91 Å². The minimum absolute atomic E-state index is 0.0301. The molecule has 5 nitrogen and oxygen atoms in total. The van der Waals surface area contributed by atoms with Crippen molar-refractivity contribution in [3.8, 4) is 0 Å². The number of anilines is 1. The highest BCUT2D eigenvalue weighted by Gasteiger charge is 2.33.